The van der Waals surface area contributed by atoms with E-state index in [-0.39, 0.29) is 6.61 Å². The van der Waals surface area contributed by atoms with Crippen LogP contribution in [0.1, 0.15) is 130 Å². The molecular weight excluding hydrogens is 434 g/mol. The van der Waals surface area contributed by atoms with Gasteiger partial charge in [-0.3, -0.25) is 0 Å². The maximum Gasteiger partial charge on any atom is 0.327 e. The van der Waals surface area contributed by atoms with E-state index in [0.29, 0.717) is 6.42 Å². The van der Waals surface area contributed by atoms with Crippen LogP contribution in [0.5, 0.6) is 0 Å². The molecule has 0 aromatic rings. The van der Waals surface area contributed by atoms with Gasteiger partial charge in [0.15, 0.2) is 0 Å². The Morgan fingerprint density at radius 3 is 1.35 bits per heavy atom. The van der Waals surface area contributed by atoms with E-state index in [1.54, 1.807) is 0 Å². The smallest absolute Gasteiger partial charge is 0.327 e. The first-order valence-corrected chi connectivity index (χ1v) is 14.8. The Balaban J connectivity index is 3.66. The molecule has 0 aliphatic rings. The molecule has 0 aromatic heterocycles. The second kappa shape index (κ2) is 21.2. The first-order valence-electron chi connectivity index (χ1n) is 12.4. The van der Waals surface area contributed by atoms with Crippen LogP contribution in [0, 0.1) is 5.41 Å². The lowest BCUT2D eigenvalue weighted by molar-refractivity contribution is 0.0159. The van der Waals surface area contributed by atoms with E-state index in [0.717, 1.165) is 12.8 Å². The van der Waals surface area contributed by atoms with Crippen LogP contribution < -0.4 is 0 Å². The van der Waals surface area contributed by atoms with E-state index in [2.05, 4.69) is 6.92 Å². The summed E-state index contributed by atoms with van der Waals surface area (Å²) in [5, 5.41) is 0. The molecule has 0 saturated carbocycles. The lowest BCUT2D eigenvalue weighted by Gasteiger charge is -2.34. The Labute approximate surface area is 194 Å². The molecule has 188 valence electrons. The summed E-state index contributed by atoms with van der Waals surface area (Å²) in [6.07, 6.45) is 21.3. The lowest BCUT2D eigenvalue weighted by Crippen LogP contribution is -2.34. The summed E-state index contributed by atoms with van der Waals surface area (Å²) in [5.41, 5.74) is -0.534. The molecule has 0 aliphatic carbocycles. The van der Waals surface area contributed by atoms with Gasteiger partial charge in [0.2, 0.25) is 0 Å². The molecule has 0 radical (unpaired) electrons. The minimum Gasteiger partial charge on any atom is -0.328 e. The Morgan fingerprint density at radius 1 is 0.613 bits per heavy atom. The van der Waals surface area contributed by atoms with Gasteiger partial charge in [-0.15, -0.1) is 0 Å². The van der Waals surface area contributed by atoms with E-state index in [9.17, 15) is 9.79 Å². The molecule has 8 heteroatoms. The van der Waals surface area contributed by atoms with Gasteiger partial charge in [0.25, 0.3) is 0 Å². The highest BCUT2D eigenvalue weighted by Crippen LogP contribution is 2.39. The number of rotatable bonds is 23. The molecule has 0 spiro atoms. The predicted molar refractivity (Wildman–Crippen MR) is 131 cm³/mol. The average Bonchev–Trinajstić information content (AvgIpc) is 2.70. The minimum atomic E-state index is -2.45. The largest absolute Gasteiger partial charge is 0.328 e. The molecule has 0 aliphatic heterocycles. The van der Waals surface area contributed by atoms with Gasteiger partial charge in [-0.25, -0.2) is 0 Å². The third kappa shape index (κ3) is 20.9. The SMILES string of the molecule is CCCCCCCCCCCCCCCCCCC(OP(O)O)C(C)(C)COP(O)O. The number of hydrogen-bond donors (Lipinski definition) is 4. The van der Waals surface area contributed by atoms with Crippen LogP contribution in [0.4, 0.5) is 0 Å². The third-order valence-corrected chi connectivity index (χ3v) is 6.77. The maximum absolute atomic E-state index is 9.26. The van der Waals surface area contributed by atoms with Crippen LogP contribution in [-0.4, -0.2) is 32.3 Å². The van der Waals surface area contributed by atoms with Crippen molar-refractivity contribution in [3.05, 3.63) is 0 Å². The second-order valence-corrected chi connectivity index (χ2v) is 10.9. The van der Waals surface area contributed by atoms with Crippen molar-refractivity contribution < 1.29 is 28.6 Å². The van der Waals surface area contributed by atoms with Crippen molar-refractivity contribution in [2.75, 3.05) is 6.61 Å². The Bertz CT molecular complexity index is 383. The van der Waals surface area contributed by atoms with E-state index >= 15 is 0 Å². The van der Waals surface area contributed by atoms with Crippen molar-refractivity contribution in [2.45, 2.75) is 136 Å². The van der Waals surface area contributed by atoms with Gasteiger partial charge in [-0.05, 0) is 6.42 Å². The van der Waals surface area contributed by atoms with Gasteiger partial charge >= 0.3 is 17.2 Å². The van der Waals surface area contributed by atoms with Gasteiger partial charge in [-0.1, -0.05) is 124 Å². The number of hydrogen-bond acceptors (Lipinski definition) is 6. The molecular formula is C23H50O6P2. The fraction of sp³-hybridized carbons (Fsp3) is 1.00. The summed E-state index contributed by atoms with van der Waals surface area (Å²) in [7, 11) is -4.87. The van der Waals surface area contributed by atoms with Crippen molar-refractivity contribution in [1.82, 2.24) is 0 Å². The van der Waals surface area contributed by atoms with Gasteiger partial charge in [0, 0.05) is 5.41 Å². The quantitative estimate of drug-likeness (QED) is 0.0886. The fourth-order valence-electron chi connectivity index (χ4n) is 3.89. The van der Waals surface area contributed by atoms with Gasteiger partial charge < -0.3 is 28.6 Å². The molecule has 0 fully saturated rings. The summed E-state index contributed by atoms with van der Waals surface area (Å²) >= 11 is 0. The van der Waals surface area contributed by atoms with E-state index in [1.165, 1.54) is 89.9 Å². The van der Waals surface area contributed by atoms with Crippen molar-refractivity contribution in [3.8, 4) is 0 Å². The van der Waals surface area contributed by atoms with Crippen LogP contribution in [-0.2, 0) is 9.05 Å². The first-order chi connectivity index (χ1) is 14.8. The molecule has 1 atom stereocenters. The molecule has 0 saturated heterocycles. The van der Waals surface area contributed by atoms with E-state index < -0.39 is 28.7 Å². The maximum atomic E-state index is 9.26. The molecule has 4 N–H and O–H groups in total. The monoisotopic (exact) mass is 484 g/mol. The summed E-state index contributed by atoms with van der Waals surface area (Å²) in [5.74, 6) is 0. The normalized spacial score (nSPS) is 13.5. The molecule has 0 amide bonds. The third-order valence-electron chi connectivity index (χ3n) is 5.97. The summed E-state index contributed by atoms with van der Waals surface area (Å²) < 4.78 is 10.3. The first kappa shape index (κ1) is 31.6. The fourth-order valence-corrected chi connectivity index (χ4v) is 4.96. The molecule has 0 bridgehead atoms. The minimum absolute atomic E-state index is 0.0956. The van der Waals surface area contributed by atoms with Crippen LogP contribution in [0.15, 0.2) is 0 Å². The zero-order valence-corrected chi connectivity index (χ0v) is 22.1. The second-order valence-electron chi connectivity index (χ2n) is 9.45. The lowest BCUT2D eigenvalue weighted by atomic mass is 9.84. The molecule has 0 rings (SSSR count). The van der Waals surface area contributed by atoms with Crippen molar-refractivity contribution in [3.63, 3.8) is 0 Å². The number of unbranched alkanes of at least 4 members (excludes halogenated alkanes) is 15. The molecule has 6 nitrogen and oxygen atoms in total. The Morgan fingerprint density at radius 2 is 1.00 bits per heavy atom. The van der Waals surface area contributed by atoms with Crippen LogP contribution >= 0.6 is 17.2 Å². The summed E-state index contributed by atoms with van der Waals surface area (Å²) in [6.45, 7) is 6.12. The zero-order valence-electron chi connectivity index (χ0n) is 20.3. The summed E-state index contributed by atoms with van der Waals surface area (Å²) in [4.78, 5) is 36.5. The van der Waals surface area contributed by atoms with Crippen molar-refractivity contribution in [2.24, 2.45) is 5.41 Å². The Kier molecular flexibility index (Phi) is 21.6. The zero-order chi connectivity index (χ0) is 23.4. The van der Waals surface area contributed by atoms with Crippen LogP contribution in [0.25, 0.3) is 0 Å². The molecule has 1 unspecified atom stereocenters. The van der Waals surface area contributed by atoms with Crippen molar-refractivity contribution >= 4 is 17.2 Å². The highest BCUT2D eigenvalue weighted by atomic mass is 31.2. The summed E-state index contributed by atoms with van der Waals surface area (Å²) in [6, 6.07) is 0. The van der Waals surface area contributed by atoms with Crippen molar-refractivity contribution in [1.29, 1.82) is 0 Å². The molecule has 31 heavy (non-hydrogen) atoms. The standard InChI is InChI=1S/C23H50O6P2/c1-4-5-6-7-8-9-10-11-12-13-14-15-16-17-18-19-20-22(29-31(26)27)23(2,3)21-28-30(24)25/h22,24-27H,4-21H2,1-3H3. The molecule has 0 heterocycles. The highest BCUT2D eigenvalue weighted by molar-refractivity contribution is 7.39. The highest BCUT2D eigenvalue weighted by Gasteiger charge is 2.33. The predicted octanol–water partition coefficient (Wildman–Crippen LogP) is 7.49. The molecule has 0 aromatic carbocycles. The average molecular weight is 485 g/mol. The van der Waals surface area contributed by atoms with Crippen LogP contribution in [0.2, 0.25) is 0 Å². The van der Waals surface area contributed by atoms with E-state index in [4.69, 9.17) is 18.8 Å². The van der Waals surface area contributed by atoms with Crippen LogP contribution in [0.3, 0.4) is 0 Å². The van der Waals surface area contributed by atoms with Gasteiger partial charge in [0.1, 0.15) is 0 Å². The van der Waals surface area contributed by atoms with Gasteiger partial charge in [-0.2, -0.15) is 0 Å². The van der Waals surface area contributed by atoms with E-state index in [1.807, 2.05) is 13.8 Å². The van der Waals surface area contributed by atoms with Gasteiger partial charge in [0.05, 0.1) is 12.7 Å². The Hall–Kier alpha value is 0.620. The topological polar surface area (TPSA) is 99.4 Å².